The summed E-state index contributed by atoms with van der Waals surface area (Å²) in [4.78, 5) is 6.03. The van der Waals surface area contributed by atoms with Gasteiger partial charge in [0, 0.05) is 22.5 Å². The number of aromatic nitrogens is 1. The summed E-state index contributed by atoms with van der Waals surface area (Å²) >= 11 is 1.67. The molecule has 0 amide bonds. The van der Waals surface area contributed by atoms with Crippen LogP contribution in [0.15, 0.2) is 18.2 Å². The van der Waals surface area contributed by atoms with Crippen molar-refractivity contribution in [3.05, 3.63) is 34.5 Å². The number of benzene rings is 1. The lowest BCUT2D eigenvalue weighted by Crippen LogP contribution is -2.40. The zero-order valence-electron chi connectivity index (χ0n) is 16.0. The molecule has 1 saturated carbocycles. The van der Waals surface area contributed by atoms with E-state index in [0.29, 0.717) is 6.04 Å². The van der Waals surface area contributed by atoms with Gasteiger partial charge in [0.2, 0.25) is 10.0 Å². The van der Waals surface area contributed by atoms with E-state index in [1.807, 2.05) is 6.07 Å². The summed E-state index contributed by atoms with van der Waals surface area (Å²) in [6.07, 6.45) is 6.45. The third kappa shape index (κ3) is 4.39. The number of aryl methyl sites for hydroxylation is 2. The molecule has 1 aromatic carbocycles. The van der Waals surface area contributed by atoms with Crippen LogP contribution in [-0.4, -0.2) is 31.2 Å². The lowest BCUT2D eigenvalue weighted by molar-refractivity contribution is 0.387. The Hall–Kier alpha value is -1.51. The average Bonchev–Trinajstić information content (AvgIpc) is 2.99. The number of rotatable bonds is 5. The molecule has 28 heavy (non-hydrogen) atoms. The summed E-state index contributed by atoms with van der Waals surface area (Å²) in [5.74, 6) is -0.0975. The van der Waals surface area contributed by atoms with Crippen LogP contribution in [0, 0.1) is 5.82 Å². The number of thiazole rings is 1. The molecule has 5 nitrogen and oxygen atoms in total. The number of nitrogens with one attached hydrogen (secondary N) is 2. The second-order valence-electron chi connectivity index (χ2n) is 7.66. The lowest BCUT2D eigenvalue weighted by atomic mass is 9.92. The highest BCUT2D eigenvalue weighted by molar-refractivity contribution is 7.89. The van der Waals surface area contributed by atoms with E-state index in [1.165, 1.54) is 16.5 Å². The van der Waals surface area contributed by atoms with Gasteiger partial charge in [0.05, 0.1) is 11.4 Å². The SMILES string of the molecule is CCS(=O)(=O)NC1CCC(Nc2nc3c(s2)CCCc2ccc(F)cc2-3)CC1. The third-order valence-corrected chi connectivity index (χ3v) is 8.15. The second-order valence-corrected chi connectivity index (χ2v) is 10.8. The van der Waals surface area contributed by atoms with Gasteiger partial charge in [-0.25, -0.2) is 22.5 Å². The fourth-order valence-electron chi connectivity index (χ4n) is 4.09. The third-order valence-electron chi connectivity index (χ3n) is 5.66. The van der Waals surface area contributed by atoms with Gasteiger partial charge in [-0.1, -0.05) is 6.07 Å². The number of hydrogen-bond donors (Lipinski definition) is 2. The van der Waals surface area contributed by atoms with Crippen LogP contribution in [0.1, 0.15) is 49.5 Å². The average molecular weight is 424 g/mol. The fourth-order valence-corrected chi connectivity index (χ4v) is 6.09. The first-order valence-electron chi connectivity index (χ1n) is 9.98. The molecule has 0 bridgehead atoms. The predicted octanol–water partition coefficient (Wildman–Crippen LogP) is 4.10. The van der Waals surface area contributed by atoms with E-state index < -0.39 is 10.0 Å². The first-order chi connectivity index (χ1) is 13.4. The summed E-state index contributed by atoms with van der Waals surface area (Å²) in [5.41, 5.74) is 3.01. The van der Waals surface area contributed by atoms with Crippen LogP contribution in [0.3, 0.4) is 0 Å². The Morgan fingerprint density at radius 3 is 2.68 bits per heavy atom. The Morgan fingerprint density at radius 1 is 1.18 bits per heavy atom. The topological polar surface area (TPSA) is 71.1 Å². The molecule has 0 spiro atoms. The van der Waals surface area contributed by atoms with Gasteiger partial charge in [-0.05, 0) is 69.6 Å². The van der Waals surface area contributed by atoms with Crippen molar-refractivity contribution in [2.45, 2.75) is 64.0 Å². The monoisotopic (exact) mass is 423 g/mol. The molecule has 1 fully saturated rings. The van der Waals surface area contributed by atoms with E-state index in [4.69, 9.17) is 4.98 Å². The molecular formula is C20H26FN3O2S2. The number of anilines is 1. The molecule has 4 rings (SSSR count). The number of hydrogen-bond acceptors (Lipinski definition) is 5. The van der Waals surface area contributed by atoms with Gasteiger partial charge in [-0.15, -0.1) is 11.3 Å². The van der Waals surface area contributed by atoms with E-state index in [-0.39, 0.29) is 17.6 Å². The molecule has 0 atom stereocenters. The summed E-state index contributed by atoms with van der Waals surface area (Å²) < 4.78 is 40.1. The fraction of sp³-hybridized carbons (Fsp3) is 0.550. The number of nitrogens with zero attached hydrogens (tertiary/aromatic N) is 1. The first kappa shape index (κ1) is 19.8. The van der Waals surface area contributed by atoms with Crippen LogP contribution >= 0.6 is 11.3 Å². The Labute approximate surface area is 169 Å². The van der Waals surface area contributed by atoms with Crippen LogP contribution in [-0.2, 0) is 22.9 Å². The smallest absolute Gasteiger partial charge is 0.211 e. The van der Waals surface area contributed by atoms with Crippen LogP contribution in [0.25, 0.3) is 11.3 Å². The van der Waals surface area contributed by atoms with Crippen molar-refractivity contribution in [3.8, 4) is 11.3 Å². The van der Waals surface area contributed by atoms with Gasteiger partial charge in [-0.2, -0.15) is 0 Å². The minimum atomic E-state index is -3.14. The molecule has 0 radical (unpaired) electrons. The molecule has 2 N–H and O–H groups in total. The minimum Gasteiger partial charge on any atom is -0.359 e. The van der Waals surface area contributed by atoms with E-state index in [1.54, 1.807) is 24.3 Å². The summed E-state index contributed by atoms with van der Waals surface area (Å²) in [6.45, 7) is 1.66. The number of sulfonamides is 1. The Morgan fingerprint density at radius 2 is 1.93 bits per heavy atom. The van der Waals surface area contributed by atoms with E-state index in [2.05, 4.69) is 10.0 Å². The molecule has 1 aromatic heterocycles. The standard InChI is InChI=1S/C20H26FN3O2S2/c1-2-28(25,26)24-16-10-8-15(9-11-16)22-20-23-19-17-12-14(21)7-6-13(17)4-3-5-18(19)27-20/h6-7,12,15-16,24H,2-5,8-11H2,1H3,(H,22,23). The molecule has 2 aromatic rings. The van der Waals surface area contributed by atoms with Gasteiger partial charge in [-0.3, -0.25) is 0 Å². The van der Waals surface area contributed by atoms with Crippen molar-refractivity contribution in [1.29, 1.82) is 0 Å². The molecule has 152 valence electrons. The quantitative estimate of drug-likeness (QED) is 0.760. The van der Waals surface area contributed by atoms with E-state index >= 15 is 0 Å². The van der Waals surface area contributed by atoms with Gasteiger partial charge >= 0.3 is 0 Å². The van der Waals surface area contributed by atoms with Crippen LogP contribution in [0.5, 0.6) is 0 Å². The van der Waals surface area contributed by atoms with Crippen molar-refractivity contribution >= 4 is 26.5 Å². The van der Waals surface area contributed by atoms with E-state index in [9.17, 15) is 12.8 Å². The van der Waals surface area contributed by atoms with Crippen molar-refractivity contribution < 1.29 is 12.8 Å². The predicted molar refractivity (Wildman–Crippen MR) is 112 cm³/mol. The van der Waals surface area contributed by atoms with E-state index in [0.717, 1.165) is 61.3 Å². The largest absolute Gasteiger partial charge is 0.359 e. The molecule has 2 aliphatic carbocycles. The van der Waals surface area contributed by atoms with Crippen LogP contribution in [0.4, 0.5) is 9.52 Å². The van der Waals surface area contributed by atoms with Crippen molar-refractivity contribution in [3.63, 3.8) is 0 Å². The van der Waals surface area contributed by atoms with Crippen LogP contribution in [0.2, 0.25) is 0 Å². The second kappa shape index (κ2) is 8.08. The zero-order chi connectivity index (χ0) is 19.7. The normalized spacial score (nSPS) is 22.2. The maximum Gasteiger partial charge on any atom is 0.211 e. The van der Waals surface area contributed by atoms with Crippen molar-refractivity contribution in [1.82, 2.24) is 9.71 Å². The highest BCUT2D eigenvalue weighted by Crippen LogP contribution is 2.38. The van der Waals surface area contributed by atoms with Crippen molar-refractivity contribution in [2.75, 3.05) is 11.1 Å². The summed E-state index contributed by atoms with van der Waals surface area (Å²) in [5, 5.41) is 4.43. The number of fused-ring (bicyclic) bond motifs is 3. The molecule has 8 heteroatoms. The molecule has 0 saturated heterocycles. The molecule has 0 aliphatic heterocycles. The molecule has 1 heterocycles. The summed E-state index contributed by atoms with van der Waals surface area (Å²) in [6, 6.07) is 5.34. The van der Waals surface area contributed by atoms with Gasteiger partial charge < -0.3 is 5.32 Å². The van der Waals surface area contributed by atoms with Gasteiger partial charge in [0.1, 0.15) is 5.82 Å². The molecule has 0 unspecified atom stereocenters. The molecular weight excluding hydrogens is 397 g/mol. The number of halogens is 1. The highest BCUT2D eigenvalue weighted by atomic mass is 32.2. The van der Waals surface area contributed by atoms with Crippen molar-refractivity contribution in [2.24, 2.45) is 0 Å². The summed E-state index contributed by atoms with van der Waals surface area (Å²) in [7, 11) is -3.14. The molecule has 2 aliphatic rings. The Balaban J connectivity index is 1.44. The first-order valence-corrected chi connectivity index (χ1v) is 12.5. The van der Waals surface area contributed by atoms with Gasteiger partial charge in [0.25, 0.3) is 0 Å². The minimum absolute atomic E-state index is 0.0332. The Bertz CT molecular complexity index is 950. The maximum absolute atomic E-state index is 13.8. The zero-order valence-corrected chi connectivity index (χ0v) is 17.6. The lowest BCUT2D eigenvalue weighted by Gasteiger charge is -2.29. The Kier molecular flexibility index (Phi) is 5.71. The highest BCUT2D eigenvalue weighted by Gasteiger charge is 2.26. The van der Waals surface area contributed by atoms with Crippen LogP contribution < -0.4 is 10.0 Å². The van der Waals surface area contributed by atoms with Gasteiger partial charge in [0.15, 0.2) is 5.13 Å². The maximum atomic E-state index is 13.8.